The highest BCUT2D eigenvalue weighted by Gasteiger charge is 2.16. The molecule has 9 heteroatoms. The van der Waals surface area contributed by atoms with E-state index in [-0.39, 0.29) is 0 Å². The maximum Gasteiger partial charge on any atom is 0.258 e. The zero-order valence-corrected chi connectivity index (χ0v) is 15.7. The van der Waals surface area contributed by atoms with Gasteiger partial charge in [0, 0.05) is 29.9 Å². The highest BCUT2D eigenvalue weighted by Crippen LogP contribution is 2.27. The Labute approximate surface area is 158 Å². The summed E-state index contributed by atoms with van der Waals surface area (Å²) in [6, 6.07) is 5.85. The molecule has 0 aliphatic rings. The van der Waals surface area contributed by atoms with E-state index in [4.69, 9.17) is 4.52 Å². The van der Waals surface area contributed by atoms with Crippen LogP contribution in [0.2, 0.25) is 0 Å². The zero-order valence-electron chi connectivity index (χ0n) is 14.1. The summed E-state index contributed by atoms with van der Waals surface area (Å²) in [4.78, 5) is 8.51. The van der Waals surface area contributed by atoms with Gasteiger partial charge in [-0.25, -0.2) is 0 Å². The lowest BCUT2D eigenvalue weighted by Gasteiger charge is -2.07. The van der Waals surface area contributed by atoms with E-state index in [0.717, 1.165) is 35.1 Å². The molecule has 0 radical (unpaired) electrons. The van der Waals surface area contributed by atoms with Crippen molar-refractivity contribution >= 4 is 23.1 Å². The fraction of sp³-hybridized carbons (Fsp3) is 0.235. The van der Waals surface area contributed by atoms with Gasteiger partial charge in [0.2, 0.25) is 0 Å². The largest absolute Gasteiger partial charge is 0.334 e. The summed E-state index contributed by atoms with van der Waals surface area (Å²) in [6.45, 7) is 2.98. The summed E-state index contributed by atoms with van der Waals surface area (Å²) in [7, 11) is 0. The first-order valence-corrected chi connectivity index (χ1v) is 10.1. The number of hydrogen-bond donors (Lipinski definition) is 0. The highest BCUT2D eigenvalue weighted by atomic mass is 32.2. The van der Waals surface area contributed by atoms with E-state index in [9.17, 15) is 0 Å². The van der Waals surface area contributed by atoms with E-state index >= 15 is 0 Å². The van der Waals surface area contributed by atoms with Crippen LogP contribution in [0.3, 0.4) is 0 Å². The van der Waals surface area contributed by atoms with E-state index in [1.165, 1.54) is 0 Å². The molecule has 132 valence electrons. The second-order valence-electron chi connectivity index (χ2n) is 5.51. The van der Waals surface area contributed by atoms with Gasteiger partial charge in [0.25, 0.3) is 5.89 Å². The van der Waals surface area contributed by atoms with Gasteiger partial charge in [0.1, 0.15) is 0 Å². The van der Waals surface area contributed by atoms with Crippen molar-refractivity contribution in [3.8, 4) is 22.8 Å². The second kappa shape index (κ2) is 7.79. The summed E-state index contributed by atoms with van der Waals surface area (Å²) >= 11 is 3.16. The maximum absolute atomic E-state index is 5.33. The van der Waals surface area contributed by atoms with Crippen molar-refractivity contribution in [1.82, 2.24) is 29.9 Å². The minimum Gasteiger partial charge on any atom is -0.334 e. The minimum atomic E-state index is 0.550. The molecule has 0 spiro atoms. The predicted octanol–water partition coefficient (Wildman–Crippen LogP) is 4.15. The van der Waals surface area contributed by atoms with E-state index < -0.39 is 0 Å². The van der Waals surface area contributed by atoms with Crippen LogP contribution in [0.4, 0.5) is 0 Å². The fourth-order valence-electron chi connectivity index (χ4n) is 2.48. The van der Waals surface area contributed by atoms with E-state index in [2.05, 4.69) is 36.8 Å². The molecule has 4 heterocycles. The lowest BCUT2D eigenvalue weighted by atomic mass is 10.2. The molecule has 26 heavy (non-hydrogen) atoms. The first-order valence-electron chi connectivity index (χ1n) is 8.16. The smallest absolute Gasteiger partial charge is 0.258 e. The molecule has 7 nitrogen and oxygen atoms in total. The number of hydrogen-bond acceptors (Lipinski definition) is 8. The Balaban J connectivity index is 1.52. The van der Waals surface area contributed by atoms with Crippen molar-refractivity contribution in [3.63, 3.8) is 0 Å². The third-order valence-electron chi connectivity index (χ3n) is 3.67. The summed E-state index contributed by atoms with van der Waals surface area (Å²) < 4.78 is 7.46. The number of nitrogens with zero attached hydrogens (tertiary/aromatic N) is 6. The lowest BCUT2D eigenvalue weighted by molar-refractivity contribution is 0.425. The quantitative estimate of drug-likeness (QED) is 0.443. The molecule has 0 atom stereocenters. The number of aromatic nitrogens is 6. The molecule has 0 aliphatic heterocycles. The fourth-order valence-corrected chi connectivity index (χ4v) is 3.92. The molecule has 4 aromatic rings. The van der Waals surface area contributed by atoms with Gasteiger partial charge in [-0.15, -0.1) is 10.2 Å². The normalized spacial score (nSPS) is 11.1. The van der Waals surface area contributed by atoms with E-state index in [1.54, 1.807) is 35.5 Å². The number of pyridine rings is 1. The first kappa shape index (κ1) is 16.9. The summed E-state index contributed by atoms with van der Waals surface area (Å²) in [5, 5.41) is 17.6. The van der Waals surface area contributed by atoms with Crippen molar-refractivity contribution in [3.05, 3.63) is 47.2 Å². The van der Waals surface area contributed by atoms with Crippen molar-refractivity contribution in [2.24, 2.45) is 0 Å². The molecule has 0 saturated carbocycles. The van der Waals surface area contributed by atoms with Gasteiger partial charge in [-0.05, 0) is 30.0 Å². The first-order chi connectivity index (χ1) is 12.8. The van der Waals surface area contributed by atoms with Crippen molar-refractivity contribution in [2.45, 2.75) is 30.8 Å². The van der Waals surface area contributed by atoms with Gasteiger partial charge in [-0.1, -0.05) is 23.8 Å². The molecule has 0 N–H and O–H groups in total. The lowest BCUT2D eigenvalue weighted by Crippen LogP contribution is -2.02. The maximum atomic E-state index is 5.33. The van der Waals surface area contributed by atoms with Crippen LogP contribution in [0.1, 0.15) is 19.2 Å². The summed E-state index contributed by atoms with van der Waals surface area (Å²) in [5.74, 6) is 2.62. The zero-order chi connectivity index (χ0) is 17.8. The molecule has 0 fully saturated rings. The summed E-state index contributed by atoms with van der Waals surface area (Å²) in [5.41, 5.74) is 1.96. The van der Waals surface area contributed by atoms with Gasteiger partial charge in [-0.2, -0.15) is 16.3 Å². The van der Waals surface area contributed by atoms with Crippen LogP contribution in [0.15, 0.2) is 51.0 Å². The third kappa shape index (κ3) is 3.54. The van der Waals surface area contributed by atoms with Gasteiger partial charge in [0.15, 0.2) is 16.8 Å². The van der Waals surface area contributed by atoms with Gasteiger partial charge >= 0.3 is 0 Å². The SMILES string of the molecule is CCCn1c(SCc2noc(-c3ccsc3)n2)nnc1-c1ccncc1. The molecule has 0 unspecified atom stereocenters. The van der Waals surface area contributed by atoms with Gasteiger partial charge < -0.3 is 9.09 Å². The van der Waals surface area contributed by atoms with Crippen LogP contribution < -0.4 is 0 Å². The number of thioether (sulfide) groups is 1. The highest BCUT2D eigenvalue weighted by molar-refractivity contribution is 7.98. The Morgan fingerprint density at radius 2 is 2.04 bits per heavy atom. The molecule has 0 saturated heterocycles. The Hall–Kier alpha value is -2.52. The molecule has 0 amide bonds. The van der Waals surface area contributed by atoms with Crippen LogP contribution in [0.5, 0.6) is 0 Å². The van der Waals surface area contributed by atoms with E-state index in [1.807, 2.05) is 29.0 Å². The van der Waals surface area contributed by atoms with Crippen molar-refractivity contribution < 1.29 is 4.52 Å². The Bertz CT molecular complexity index is 964. The number of rotatable bonds is 7. The van der Waals surface area contributed by atoms with Crippen LogP contribution in [-0.4, -0.2) is 29.9 Å². The monoisotopic (exact) mass is 384 g/mol. The van der Waals surface area contributed by atoms with E-state index in [0.29, 0.717) is 17.5 Å². The molecular weight excluding hydrogens is 368 g/mol. The van der Waals surface area contributed by atoms with Crippen LogP contribution in [0.25, 0.3) is 22.8 Å². The Morgan fingerprint density at radius 1 is 1.15 bits per heavy atom. The molecule has 0 bridgehead atoms. The van der Waals surface area contributed by atoms with Crippen LogP contribution in [-0.2, 0) is 12.3 Å². The molecule has 0 aliphatic carbocycles. The van der Waals surface area contributed by atoms with Gasteiger partial charge in [0.05, 0.1) is 11.3 Å². The van der Waals surface area contributed by atoms with Gasteiger partial charge in [-0.3, -0.25) is 4.98 Å². The van der Waals surface area contributed by atoms with Crippen LogP contribution in [0, 0.1) is 0 Å². The Morgan fingerprint density at radius 3 is 2.81 bits per heavy atom. The standard InChI is InChI=1S/C17H16N6OS2/c1-2-8-23-15(12-3-6-18-7-4-12)20-21-17(23)26-11-14-19-16(24-22-14)13-5-9-25-10-13/h3-7,9-10H,2,8,11H2,1H3. The van der Waals surface area contributed by atoms with Crippen LogP contribution >= 0.6 is 23.1 Å². The average Bonchev–Trinajstić information content (AvgIpc) is 3.42. The Kier molecular flexibility index (Phi) is 5.07. The molecular formula is C17H16N6OS2. The predicted molar refractivity (Wildman–Crippen MR) is 101 cm³/mol. The van der Waals surface area contributed by atoms with Crippen molar-refractivity contribution in [2.75, 3.05) is 0 Å². The molecule has 0 aromatic carbocycles. The summed E-state index contributed by atoms with van der Waals surface area (Å²) in [6.07, 6.45) is 4.52. The number of thiophene rings is 1. The topological polar surface area (TPSA) is 82.5 Å². The van der Waals surface area contributed by atoms with Crippen molar-refractivity contribution in [1.29, 1.82) is 0 Å². The molecule has 4 aromatic heterocycles. The minimum absolute atomic E-state index is 0.550. The third-order valence-corrected chi connectivity index (χ3v) is 5.32. The average molecular weight is 384 g/mol. The second-order valence-corrected chi connectivity index (χ2v) is 7.23. The molecule has 4 rings (SSSR count).